The van der Waals surface area contributed by atoms with Gasteiger partial charge in [-0.05, 0) is 50.1 Å². The van der Waals surface area contributed by atoms with E-state index in [1.807, 2.05) is 36.9 Å². The molecule has 6 nitrogen and oxygen atoms in total. The largest absolute Gasteiger partial charge is 0.377 e. The van der Waals surface area contributed by atoms with Crippen molar-refractivity contribution in [2.45, 2.75) is 26.4 Å². The number of carbonyl (C=O) groups is 2. The highest BCUT2D eigenvalue weighted by Gasteiger charge is 2.22. The summed E-state index contributed by atoms with van der Waals surface area (Å²) in [7, 11) is 0. The number of anilines is 1. The summed E-state index contributed by atoms with van der Waals surface area (Å²) in [6.45, 7) is 8.96. The molecule has 0 aromatic heterocycles. The van der Waals surface area contributed by atoms with Crippen LogP contribution in [-0.4, -0.2) is 79.5 Å². The first kappa shape index (κ1) is 25.2. The van der Waals surface area contributed by atoms with Gasteiger partial charge in [0.15, 0.2) is 0 Å². The van der Waals surface area contributed by atoms with E-state index in [1.165, 1.54) is 5.56 Å². The van der Waals surface area contributed by atoms with Crippen LogP contribution in [0.5, 0.6) is 0 Å². The summed E-state index contributed by atoms with van der Waals surface area (Å²) >= 11 is 5.79. The SMILES string of the molecule is CC(C)OCCN(C(=O)CCl)c1ccc(C(=O)N2CCN(CCc3ccccc3)CC2)cc1. The summed E-state index contributed by atoms with van der Waals surface area (Å²) in [6.07, 6.45) is 1.12. The number of hydrogen-bond acceptors (Lipinski definition) is 4. The van der Waals surface area contributed by atoms with Gasteiger partial charge in [0.1, 0.15) is 5.88 Å². The summed E-state index contributed by atoms with van der Waals surface area (Å²) in [5.74, 6) is -0.256. The van der Waals surface area contributed by atoms with Crippen LogP contribution in [0.4, 0.5) is 5.69 Å². The van der Waals surface area contributed by atoms with Crippen molar-refractivity contribution in [3.05, 3.63) is 65.7 Å². The Morgan fingerprint density at radius 3 is 2.27 bits per heavy atom. The maximum Gasteiger partial charge on any atom is 0.253 e. The van der Waals surface area contributed by atoms with E-state index in [4.69, 9.17) is 16.3 Å². The number of ether oxygens (including phenoxy) is 1. The Morgan fingerprint density at radius 1 is 1.00 bits per heavy atom. The van der Waals surface area contributed by atoms with E-state index in [1.54, 1.807) is 17.0 Å². The van der Waals surface area contributed by atoms with Crippen molar-refractivity contribution in [2.24, 2.45) is 0 Å². The zero-order valence-electron chi connectivity index (χ0n) is 19.6. The quantitative estimate of drug-likeness (QED) is 0.496. The van der Waals surface area contributed by atoms with Crippen molar-refractivity contribution in [2.75, 3.05) is 56.7 Å². The number of benzene rings is 2. The summed E-state index contributed by atoms with van der Waals surface area (Å²) in [5.41, 5.74) is 2.69. The molecule has 0 spiro atoms. The van der Waals surface area contributed by atoms with Crippen LogP contribution >= 0.6 is 11.6 Å². The van der Waals surface area contributed by atoms with Crippen molar-refractivity contribution in [3.63, 3.8) is 0 Å². The van der Waals surface area contributed by atoms with E-state index in [9.17, 15) is 9.59 Å². The normalized spacial score (nSPS) is 14.5. The van der Waals surface area contributed by atoms with Crippen LogP contribution in [-0.2, 0) is 16.0 Å². The fraction of sp³-hybridized carbons (Fsp3) is 0.462. The summed E-state index contributed by atoms with van der Waals surface area (Å²) in [5, 5.41) is 0. The Balaban J connectivity index is 1.52. The van der Waals surface area contributed by atoms with Crippen molar-refractivity contribution < 1.29 is 14.3 Å². The van der Waals surface area contributed by atoms with Crippen LogP contribution < -0.4 is 4.90 Å². The van der Waals surface area contributed by atoms with E-state index in [2.05, 4.69) is 29.2 Å². The molecule has 1 saturated heterocycles. The highest BCUT2D eigenvalue weighted by Crippen LogP contribution is 2.18. The zero-order valence-corrected chi connectivity index (χ0v) is 20.3. The summed E-state index contributed by atoms with van der Waals surface area (Å²) < 4.78 is 5.58. The molecule has 1 heterocycles. The van der Waals surface area contributed by atoms with Gasteiger partial charge < -0.3 is 14.5 Å². The smallest absolute Gasteiger partial charge is 0.253 e. The van der Waals surface area contributed by atoms with Gasteiger partial charge in [0.25, 0.3) is 5.91 Å². The second-order valence-corrected chi connectivity index (χ2v) is 8.78. The molecule has 1 fully saturated rings. The molecule has 0 bridgehead atoms. The Labute approximate surface area is 202 Å². The topological polar surface area (TPSA) is 53.1 Å². The molecule has 0 radical (unpaired) electrons. The van der Waals surface area contributed by atoms with E-state index in [0.29, 0.717) is 18.7 Å². The fourth-order valence-electron chi connectivity index (χ4n) is 3.92. The van der Waals surface area contributed by atoms with Crippen molar-refractivity contribution in [1.82, 2.24) is 9.80 Å². The van der Waals surface area contributed by atoms with E-state index in [-0.39, 0.29) is 23.8 Å². The van der Waals surface area contributed by atoms with Crippen LogP contribution in [0, 0.1) is 0 Å². The molecule has 0 unspecified atom stereocenters. The van der Waals surface area contributed by atoms with Gasteiger partial charge in [-0.1, -0.05) is 30.3 Å². The monoisotopic (exact) mass is 471 g/mol. The van der Waals surface area contributed by atoms with E-state index < -0.39 is 0 Å². The van der Waals surface area contributed by atoms with Gasteiger partial charge in [0.05, 0.1) is 12.7 Å². The van der Waals surface area contributed by atoms with Crippen LogP contribution in [0.1, 0.15) is 29.8 Å². The molecule has 33 heavy (non-hydrogen) atoms. The van der Waals surface area contributed by atoms with Gasteiger partial charge in [-0.3, -0.25) is 14.5 Å². The molecule has 2 aromatic carbocycles. The first-order valence-electron chi connectivity index (χ1n) is 11.6. The number of rotatable bonds is 10. The summed E-state index contributed by atoms with van der Waals surface area (Å²) in [4.78, 5) is 31.2. The van der Waals surface area contributed by atoms with Gasteiger partial charge in [-0.2, -0.15) is 0 Å². The molecule has 3 rings (SSSR count). The molecule has 178 valence electrons. The van der Waals surface area contributed by atoms with E-state index >= 15 is 0 Å². The number of piperazine rings is 1. The van der Waals surface area contributed by atoms with Crippen molar-refractivity contribution in [1.29, 1.82) is 0 Å². The van der Waals surface area contributed by atoms with Gasteiger partial charge >= 0.3 is 0 Å². The molecule has 0 atom stereocenters. The molecule has 7 heteroatoms. The Hall–Kier alpha value is -2.41. The standard InChI is InChI=1S/C26H34ClN3O3/c1-21(2)33-19-18-30(25(31)20-27)24-10-8-23(9-11-24)26(32)29-16-14-28(15-17-29)13-12-22-6-4-3-5-7-22/h3-11,21H,12-20H2,1-2H3. The predicted molar refractivity (Wildman–Crippen MR) is 133 cm³/mol. The molecular weight excluding hydrogens is 438 g/mol. The predicted octanol–water partition coefficient (Wildman–Crippen LogP) is 3.68. The molecule has 0 saturated carbocycles. The Morgan fingerprint density at radius 2 is 1.67 bits per heavy atom. The lowest BCUT2D eigenvalue weighted by Gasteiger charge is -2.35. The molecule has 2 amide bonds. The minimum Gasteiger partial charge on any atom is -0.377 e. The number of hydrogen-bond donors (Lipinski definition) is 0. The average molecular weight is 472 g/mol. The Kier molecular flexibility index (Phi) is 9.73. The van der Waals surface area contributed by atoms with Crippen LogP contribution in [0.3, 0.4) is 0 Å². The average Bonchev–Trinajstić information content (AvgIpc) is 2.85. The zero-order chi connectivity index (χ0) is 23.6. The molecule has 0 aliphatic carbocycles. The van der Waals surface area contributed by atoms with Gasteiger partial charge in [-0.15, -0.1) is 11.6 Å². The number of amides is 2. The lowest BCUT2D eigenvalue weighted by Crippen LogP contribution is -2.49. The second kappa shape index (κ2) is 12.7. The molecule has 2 aromatic rings. The number of halogens is 1. The maximum atomic E-state index is 13.0. The van der Waals surface area contributed by atoms with Crippen molar-refractivity contribution >= 4 is 29.1 Å². The van der Waals surface area contributed by atoms with E-state index in [0.717, 1.165) is 44.8 Å². The minimum atomic E-state index is -0.185. The molecule has 0 N–H and O–H groups in total. The first-order valence-corrected chi connectivity index (χ1v) is 12.1. The van der Waals surface area contributed by atoms with Crippen LogP contribution in [0.2, 0.25) is 0 Å². The third-order valence-electron chi connectivity index (χ3n) is 5.83. The minimum absolute atomic E-state index is 0.0302. The third-order valence-corrected chi connectivity index (χ3v) is 6.06. The van der Waals surface area contributed by atoms with Crippen LogP contribution in [0.25, 0.3) is 0 Å². The lowest BCUT2D eigenvalue weighted by atomic mass is 10.1. The summed E-state index contributed by atoms with van der Waals surface area (Å²) in [6, 6.07) is 17.7. The van der Waals surface area contributed by atoms with Crippen molar-refractivity contribution in [3.8, 4) is 0 Å². The highest BCUT2D eigenvalue weighted by atomic mass is 35.5. The fourth-order valence-corrected chi connectivity index (χ4v) is 4.07. The molecule has 1 aliphatic heterocycles. The number of alkyl halides is 1. The highest BCUT2D eigenvalue weighted by molar-refractivity contribution is 6.29. The lowest BCUT2D eigenvalue weighted by molar-refractivity contribution is -0.116. The molecule has 1 aliphatic rings. The van der Waals surface area contributed by atoms with Gasteiger partial charge in [0, 0.05) is 50.5 Å². The number of nitrogens with zero attached hydrogens (tertiary/aromatic N) is 3. The second-order valence-electron chi connectivity index (χ2n) is 8.51. The molecular formula is C26H34ClN3O3. The van der Waals surface area contributed by atoms with Gasteiger partial charge in [0.2, 0.25) is 5.91 Å². The Bertz CT molecular complexity index is 881. The van der Waals surface area contributed by atoms with Gasteiger partial charge in [-0.25, -0.2) is 0 Å². The third kappa shape index (κ3) is 7.56. The first-order chi connectivity index (χ1) is 16.0. The number of carbonyl (C=O) groups excluding carboxylic acids is 2. The van der Waals surface area contributed by atoms with Crippen LogP contribution in [0.15, 0.2) is 54.6 Å². The maximum absolute atomic E-state index is 13.0.